The summed E-state index contributed by atoms with van der Waals surface area (Å²) in [5, 5.41) is 8.64. The zero-order valence-electron chi connectivity index (χ0n) is 9.36. The standard InChI is InChI=1S/C13H9ClN4/c14-10-6-7-12(15-8-10)13-17-16-9-18(13)11-4-2-1-3-5-11/h1-9H. The molecule has 0 aliphatic carbocycles. The molecule has 0 bridgehead atoms. The number of para-hydroxylation sites is 1. The van der Waals surface area contributed by atoms with E-state index in [1.54, 1.807) is 18.6 Å². The molecule has 18 heavy (non-hydrogen) atoms. The number of halogens is 1. The molecule has 3 rings (SSSR count). The summed E-state index contributed by atoms with van der Waals surface area (Å²) in [6, 6.07) is 13.5. The average Bonchev–Trinajstić information content (AvgIpc) is 2.90. The van der Waals surface area contributed by atoms with Gasteiger partial charge in [0.1, 0.15) is 12.0 Å². The number of pyridine rings is 1. The first-order valence-electron chi connectivity index (χ1n) is 5.42. The molecular weight excluding hydrogens is 248 g/mol. The van der Waals surface area contributed by atoms with E-state index in [4.69, 9.17) is 11.6 Å². The lowest BCUT2D eigenvalue weighted by Crippen LogP contribution is -1.97. The number of benzene rings is 1. The number of hydrogen-bond donors (Lipinski definition) is 0. The van der Waals surface area contributed by atoms with Crippen molar-refractivity contribution in [3.63, 3.8) is 0 Å². The fourth-order valence-corrected chi connectivity index (χ4v) is 1.81. The minimum atomic E-state index is 0.601. The van der Waals surface area contributed by atoms with Crippen LogP contribution in [0.4, 0.5) is 0 Å². The summed E-state index contributed by atoms with van der Waals surface area (Å²) >= 11 is 5.82. The molecule has 0 N–H and O–H groups in total. The normalized spacial score (nSPS) is 10.5. The third-order valence-corrected chi connectivity index (χ3v) is 2.76. The number of rotatable bonds is 2. The van der Waals surface area contributed by atoms with E-state index in [0.717, 1.165) is 11.4 Å². The van der Waals surface area contributed by atoms with Gasteiger partial charge in [-0.2, -0.15) is 0 Å². The van der Waals surface area contributed by atoms with E-state index in [1.165, 1.54) is 0 Å². The third kappa shape index (κ3) is 1.98. The van der Waals surface area contributed by atoms with Crippen molar-refractivity contribution in [3.8, 4) is 17.2 Å². The second-order valence-electron chi connectivity index (χ2n) is 3.72. The van der Waals surface area contributed by atoms with Crippen LogP contribution in [-0.2, 0) is 0 Å². The van der Waals surface area contributed by atoms with Crippen molar-refractivity contribution in [1.29, 1.82) is 0 Å². The van der Waals surface area contributed by atoms with Gasteiger partial charge in [0.15, 0.2) is 5.82 Å². The third-order valence-electron chi connectivity index (χ3n) is 2.54. The fraction of sp³-hybridized carbons (Fsp3) is 0. The molecule has 0 saturated heterocycles. The van der Waals surface area contributed by atoms with Crippen LogP contribution < -0.4 is 0 Å². The van der Waals surface area contributed by atoms with Crippen molar-refractivity contribution < 1.29 is 0 Å². The Morgan fingerprint density at radius 2 is 1.83 bits per heavy atom. The molecule has 3 aromatic rings. The van der Waals surface area contributed by atoms with E-state index in [1.807, 2.05) is 41.0 Å². The SMILES string of the molecule is Clc1ccc(-c2nncn2-c2ccccc2)nc1. The molecule has 2 heterocycles. The van der Waals surface area contributed by atoms with Gasteiger partial charge in [0.25, 0.3) is 0 Å². The lowest BCUT2D eigenvalue weighted by atomic mass is 10.3. The molecule has 2 aromatic heterocycles. The van der Waals surface area contributed by atoms with Crippen LogP contribution in [0.25, 0.3) is 17.2 Å². The predicted molar refractivity (Wildman–Crippen MR) is 69.6 cm³/mol. The van der Waals surface area contributed by atoms with E-state index in [0.29, 0.717) is 10.8 Å². The quantitative estimate of drug-likeness (QED) is 0.708. The largest absolute Gasteiger partial charge is 0.280 e. The molecule has 1 aromatic carbocycles. The Bertz CT molecular complexity index is 646. The Morgan fingerprint density at radius 3 is 2.56 bits per heavy atom. The van der Waals surface area contributed by atoms with Crippen molar-refractivity contribution >= 4 is 11.6 Å². The smallest absolute Gasteiger partial charge is 0.187 e. The van der Waals surface area contributed by atoms with Crippen molar-refractivity contribution in [2.75, 3.05) is 0 Å². The van der Waals surface area contributed by atoms with Crippen LogP contribution in [-0.4, -0.2) is 19.7 Å². The summed E-state index contributed by atoms with van der Waals surface area (Å²) < 4.78 is 1.89. The van der Waals surface area contributed by atoms with Gasteiger partial charge in [0.2, 0.25) is 0 Å². The lowest BCUT2D eigenvalue weighted by molar-refractivity contribution is 1.05. The van der Waals surface area contributed by atoms with E-state index in [2.05, 4.69) is 15.2 Å². The monoisotopic (exact) mass is 256 g/mol. The van der Waals surface area contributed by atoms with Crippen LogP contribution >= 0.6 is 11.6 Å². The first-order valence-corrected chi connectivity index (χ1v) is 5.80. The zero-order chi connectivity index (χ0) is 12.4. The maximum atomic E-state index is 5.82. The molecule has 0 atom stereocenters. The zero-order valence-corrected chi connectivity index (χ0v) is 10.1. The van der Waals surface area contributed by atoms with Gasteiger partial charge in [-0.05, 0) is 24.3 Å². The second-order valence-corrected chi connectivity index (χ2v) is 4.16. The Kier molecular flexibility index (Phi) is 2.78. The van der Waals surface area contributed by atoms with Crippen LogP contribution in [0.15, 0.2) is 55.0 Å². The Balaban J connectivity index is 2.10. The van der Waals surface area contributed by atoms with Gasteiger partial charge in [0.05, 0.1) is 5.02 Å². The van der Waals surface area contributed by atoms with Crippen LogP contribution in [0.5, 0.6) is 0 Å². The maximum Gasteiger partial charge on any atom is 0.187 e. The topological polar surface area (TPSA) is 43.6 Å². The van der Waals surface area contributed by atoms with E-state index in [9.17, 15) is 0 Å². The highest BCUT2D eigenvalue weighted by atomic mass is 35.5. The highest BCUT2D eigenvalue weighted by molar-refractivity contribution is 6.30. The molecule has 88 valence electrons. The molecule has 0 radical (unpaired) electrons. The maximum absolute atomic E-state index is 5.82. The van der Waals surface area contributed by atoms with Gasteiger partial charge in [-0.3, -0.25) is 9.55 Å². The second kappa shape index (κ2) is 4.58. The number of nitrogens with zero attached hydrogens (tertiary/aromatic N) is 4. The Morgan fingerprint density at radius 1 is 1.00 bits per heavy atom. The van der Waals surface area contributed by atoms with Gasteiger partial charge in [-0.15, -0.1) is 10.2 Å². The van der Waals surface area contributed by atoms with Crippen LogP contribution in [0.3, 0.4) is 0 Å². The van der Waals surface area contributed by atoms with Crippen LogP contribution in [0.1, 0.15) is 0 Å². The van der Waals surface area contributed by atoms with Gasteiger partial charge in [0, 0.05) is 11.9 Å². The Hall–Kier alpha value is -2.20. The fourth-order valence-electron chi connectivity index (χ4n) is 1.70. The molecule has 0 saturated carbocycles. The average molecular weight is 257 g/mol. The van der Waals surface area contributed by atoms with E-state index in [-0.39, 0.29) is 0 Å². The minimum absolute atomic E-state index is 0.601. The van der Waals surface area contributed by atoms with Crippen LogP contribution in [0.2, 0.25) is 5.02 Å². The summed E-state index contributed by atoms with van der Waals surface area (Å²) in [7, 11) is 0. The van der Waals surface area contributed by atoms with Gasteiger partial charge < -0.3 is 0 Å². The summed E-state index contributed by atoms with van der Waals surface area (Å²) in [4.78, 5) is 4.25. The van der Waals surface area contributed by atoms with Crippen molar-refractivity contribution in [3.05, 3.63) is 60.0 Å². The van der Waals surface area contributed by atoms with E-state index >= 15 is 0 Å². The first kappa shape index (κ1) is 10.9. The molecule has 0 spiro atoms. The number of aromatic nitrogens is 4. The van der Waals surface area contributed by atoms with E-state index < -0.39 is 0 Å². The molecule has 0 aliphatic heterocycles. The molecule has 5 heteroatoms. The van der Waals surface area contributed by atoms with Crippen molar-refractivity contribution in [1.82, 2.24) is 19.7 Å². The summed E-state index contributed by atoms with van der Waals surface area (Å²) in [5.41, 5.74) is 1.73. The Labute approximate surface area is 109 Å². The van der Waals surface area contributed by atoms with Gasteiger partial charge in [-0.1, -0.05) is 29.8 Å². The predicted octanol–water partition coefficient (Wildman–Crippen LogP) is 2.98. The van der Waals surface area contributed by atoms with Crippen LogP contribution in [0, 0.1) is 0 Å². The molecule has 0 aliphatic rings. The lowest BCUT2D eigenvalue weighted by Gasteiger charge is -2.05. The highest BCUT2D eigenvalue weighted by Crippen LogP contribution is 2.19. The molecule has 0 amide bonds. The molecule has 4 nitrogen and oxygen atoms in total. The summed E-state index contributed by atoms with van der Waals surface area (Å²) in [5.74, 6) is 0.692. The van der Waals surface area contributed by atoms with Gasteiger partial charge in [-0.25, -0.2) is 0 Å². The number of hydrogen-bond acceptors (Lipinski definition) is 3. The van der Waals surface area contributed by atoms with Gasteiger partial charge >= 0.3 is 0 Å². The van der Waals surface area contributed by atoms with Crippen molar-refractivity contribution in [2.24, 2.45) is 0 Å². The first-order chi connectivity index (χ1) is 8.84. The minimum Gasteiger partial charge on any atom is -0.280 e. The molecule has 0 fully saturated rings. The highest BCUT2D eigenvalue weighted by Gasteiger charge is 2.09. The van der Waals surface area contributed by atoms with Crippen molar-refractivity contribution in [2.45, 2.75) is 0 Å². The molecular formula is C13H9ClN4. The molecule has 0 unspecified atom stereocenters. The summed E-state index contributed by atoms with van der Waals surface area (Å²) in [6.45, 7) is 0. The summed E-state index contributed by atoms with van der Waals surface area (Å²) in [6.07, 6.45) is 3.27.